The summed E-state index contributed by atoms with van der Waals surface area (Å²) in [6, 6.07) is 12.9. The average Bonchev–Trinajstić information content (AvgIpc) is 3.06. The van der Waals surface area contributed by atoms with Crippen molar-refractivity contribution in [1.82, 2.24) is 5.32 Å². The van der Waals surface area contributed by atoms with E-state index in [0.29, 0.717) is 22.9 Å². The molecule has 0 aliphatic carbocycles. The van der Waals surface area contributed by atoms with Crippen LogP contribution in [0.4, 0.5) is 17.1 Å². The lowest BCUT2D eigenvalue weighted by molar-refractivity contribution is -0.384. The number of nitro groups is 1. The van der Waals surface area contributed by atoms with Crippen molar-refractivity contribution in [2.45, 2.75) is 18.3 Å². The largest absolute Gasteiger partial charge is 0.478 e. The van der Waals surface area contributed by atoms with Gasteiger partial charge in [-0.2, -0.15) is 0 Å². The third-order valence-electron chi connectivity index (χ3n) is 5.58. The maximum atomic E-state index is 11.5. The molecule has 0 unspecified atom stereocenters. The number of nitrogens with zero attached hydrogens (tertiary/aromatic N) is 2. The zero-order valence-electron chi connectivity index (χ0n) is 17.0. The van der Waals surface area contributed by atoms with Crippen LogP contribution in [0.1, 0.15) is 18.4 Å². The molecule has 2 aliphatic heterocycles. The van der Waals surface area contributed by atoms with Crippen LogP contribution in [-0.4, -0.2) is 46.7 Å². The molecule has 0 amide bonds. The second kappa shape index (κ2) is 9.80. The zero-order chi connectivity index (χ0) is 23.3. The predicted molar refractivity (Wildman–Crippen MR) is 120 cm³/mol. The number of carboxylic acid groups (broad SMARTS) is 2. The Morgan fingerprint density at radius 2 is 1.69 bits per heavy atom. The van der Waals surface area contributed by atoms with Gasteiger partial charge >= 0.3 is 11.9 Å². The highest BCUT2D eigenvalue weighted by molar-refractivity contribution is 6.31. The molecule has 3 N–H and O–H groups in total. The van der Waals surface area contributed by atoms with Gasteiger partial charge in [0.25, 0.3) is 5.69 Å². The molecule has 9 nitrogen and oxygen atoms in total. The van der Waals surface area contributed by atoms with E-state index in [1.165, 1.54) is 5.56 Å². The minimum absolute atomic E-state index is 0.0366. The van der Waals surface area contributed by atoms with Crippen molar-refractivity contribution in [3.8, 4) is 0 Å². The number of carbonyl (C=O) groups is 2. The van der Waals surface area contributed by atoms with E-state index < -0.39 is 11.9 Å². The van der Waals surface area contributed by atoms with Gasteiger partial charge in [0.1, 0.15) is 5.69 Å². The van der Waals surface area contributed by atoms with E-state index in [-0.39, 0.29) is 16.0 Å². The Hall–Kier alpha value is -3.43. The SMILES string of the molecule is O=C(O)/C=C\C(=O)O.O=[N+]([O-])c1ccccc1N1CC2(CCNCC2)c2ccc(Cl)cc21. The van der Waals surface area contributed by atoms with Gasteiger partial charge in [0.15, 0.2) is 0 Å². The number of hydrogen-bond acceptors (Lipinski definition) is 6. The third kappa shape index (κ3) is 5.06. The fraction of sp³-hybridized carbons (Fsp3) is 0.273. The summed E-state index contributed by atoms with van der Waals surface area (Å²) in [5.41, 5.74) is 3.07. The van der Waals surface area contributed by atoms with Crippen molar-refractivity contribution in [2.24, 2.45) is 0 Å². The van der Waals surface area contributed by atoms with Crippen molar-refractivity contribution in [3.05, 3.63) is 75.3 Å². The summed E-state index contributed by atoms with van der Waals surface area (Å²) in [5, 5.41) is 31.2. The van der Waals surface area contributed by atoms with Crippen LogP contribution >= 0.6 is 11.6 Å². The summed E-state index contributed by atoms with van der Waals surface area (Å²) >= 11 is 6.23. The Bertz CT molecular complexity index is 1050. The molecular formula is C22H22ClN3O6. The summed E-state index contributed by atoms with van der Waals surface area (Å²) in [4.78, 5) is 32.3. The molecule has 0 saturated carbocycles. The van der Waals surface area contributed by atoms with Crippen LogP contribution in [0.5, 0.6) is 0 Å². The number of para-hydroxylation sites is 2. The number of nitrogens with one attached hydrogen (secondary N) is 1. The minimum Gasteiger partial charge on any atom is -0.478 e. The molecule has 2 aliphatic rings. The van der Waals surface area contributed by atoms with Crippen molar-refractivity contribution in [1.29, 1.82) is 0 Å². The van der Waals surface area contributed by atoms with Gasteiger partial charge in [-0.25, -0.2) is 9.59 Å². The van der Waals surface area contributed by atoms with Crippen LogP contribution in [0.15, 0.2) is 54.6 Å². The molecule has 2 aromatic rings. The van der Waals surface area contributed by atoms with Crippen LogP contribution in [0.25, 0.3) is 0 Å². The molecule has 0 bridgehead atoms. The first kappa shape index (κ1) is 23.2. The van der Waals surface area contributed by atoms with E-state index in [1.54, 1.807) is 12.1 Å². The monoisotopic (exact) mass is 459 g/mol. The van der Waals surface area contributed by atoms with Gasteiger partial charge in [0, 0.05) is 40.9 Å². The van der Waals surface area contributed by atoms with Crippen molar-refractivity contribution in [2.75, 3.05) is 24.5 Å². The second-order valence-corrected chi connectivity index (χ2v) is 7.97. The summed E-state index contributed by atoms with van der Waals surface area (Å²) in [6.45, 7) is 2.69. The number of nitro benzene ring substituents is 1. The standard InChI is InChI=1S/C18H18ClN3O2.C4H4O4/c19-13-5-6-14-17(11-13)21(12-18(14)7-9-20-10-8-18)15-3-1-2-4-16(15)22(23)24;5-3(6)1-2-4(7)8/h1-6,11,20H,7-10,12H2;1-2H,(H,5,6)(H,7,8)/b;2-1-. The van der Waals surface area contributed by atoms with Gasteiger partial charge in [0.05, 0.1) is 4.92 Å². The highest BCUT2D eigenvalue weighted by atomic mass is 35.5. The lowest BCUT2D eigenvalue weighted by Gasteiger charge is -2.34. The topological polar surface area (TPSA) is 133 Å². The molecule has 0 atom stereocenters. The molecule has 0 radical (unpaired) electrons. The molecule has 1 fully saturated rings. The molecule has 4 rings (SSSR count). The van der Waals surface area contributed by atoms with Gasteiger partial charge in [-0.15, -0.1) is 0 Å². The number of anilines is 2. The summed E-state index contributed by atoms with van der Waals surface area (Å²) < 4.78 is 0. The van der Waals surface area contributed by atoms with E-state index >= 15 is 0 Å². The van der Waals surface area contributed by atoms with E-state index in [2.05, 4.69) is 16.3 Å². The number of halogens is 1. The fourth-order valence-corrected chi connectivity index (χ4v) is 4.35. The van der Waals surface area contributed by atoms with E-state index in [4.69, 9.17) is 21.8 Å². The average molecular weight is 460 g/mol. The van der Waals surface area contributed by atoms with Crippen LogP contribution < -0.4 is 10.2 Å². The first-order chi connectivity index (χ1) is 15.2. The Morgan fingerprint density at radius 3 is 2.28 bits per heavy atom. The lowest BCUT2D eigenvalue weighted by Crippen LogP contribution is -2.42. The molecule has 10 heteroatoms. The Balaban J connectivity index is 0.000000312. The molecule has 32 heavy (non-hydrogen) atoms. The Kier molecular flexibility index (Phi) is 7.12. The summed E-state index contributed by atoms with van der Waals surface area (Å²) in [7, 11) is 0. The maximum absolute atomic E-state index is 11.5. The number of carboxylic acids is 2. The zero-order valence-corrected chi connectivity index (χ0v) is 17.8. The molecular weight excluding hydrogens is 438 g/mol. The minimum atomic E-state index is -1.26. The highest BCUT2D eigenvalue weighted by Gasteiger charge is 2.44. The van der Waals surface area contributed by atoms with Crippen LogP contribution in [0.2, 0.25) is 5.02 Å². The Morgan fingerprint density at radius 1 is 1.06 bits per heavy atom. The molecule has 168 valence electrons. The third-order valence-corrected chi connectivity index (χ3v) is 5.82. The van der Waals surface area contributed by atoms with Gasteiger partial charge in [-0.3, -0.25) is 10.1 Å². The fourth-order valence-electron chi connectivity index (χ4n) is 4.19. The predicted octanol–water partition coefficient (Wildman–Crippen LogP) is 3.73. The van der Waals surface area contributed by atoms with E-state index in [9.17, 15) is 19.7 Å². The smallest absolute Gasteiger partial charge is 0.328 e. The molecule has 2 aromatic carbocycles. The van der Waals surface area contributed by atoms with Crippen LogP contribution in [-0.2, 0) is 15.0 Å². The maximum Gasteiger partial charge on any atom is 0.328 e. The van der Waals surface area contributed by atoms with E-state index in [0.717, 1.165) is 38.2 Å². The number of fused-ring (bicyclic) bond motifs is 2. The summed E-state index contributed by atoms with van der Waals surface area (Å²) in [6.07, 6.45) is 3.17. The van der Waals surface area contributed by atoms with Gasteiger partial charge in [0.2, 0.25) is 0 Å². The quantitative estimate of drug-likeness (QED) is 0.358. The molecule has 1 spiro atoms. The first-order valence-corrected chi connectivity index (χ1v) is 10.3. The number of piperidine rings is 1. The van der Waals surface area contributed by atoms with Crippen molar-refractivity contribution >= 4 is 40.6 Å². The number of rotatable bonds is 4. The van der Waals surface area contributed by atoms with Gasteiger partial charge < -0.3 is 20.4 Å². The highest BCUT2D eigenvalue weighted by Crippen LogP contribution is 2.50. The van der Waals surface area contributed by atoms with E-state index in [1.807, 2.05) is 24.3 Å². The first-order valence-electron chi connectivity index (χ1n) is 9.89. The lowest BCUT2D eigenvalue weighted by atomic mass is 9.75. The number of benzene rings is 2. The Labute approximate surface area is 189 Å². The molecule has 0 aromatic heterocycles. The summed E-state index contributed by atoms with van der Waals surface area (Å²) in [5.74, 6) is -2.51. The molecule has 1 saturated heterocycles. The second-order valence-electron chi connectivity index (χ2n) is 7.53. The van der Waals surface area contributed by atoms with Crippen LogP contribution in [0.3, 0.4) is 0 Å². The number of hydrogen-bond donors (Lipinski definition) is 3. The number of aliphatic carboxylic acids is 2. The van der Waals surface area contributed by atoms with Gasteiger partial charge in [-0.1, -0.05) is 29.8 Å². The van der Waals surface area contributed by atoms with Crippen LogP contribution in [0, 0.1) is 10.1 Å². The van der Waals surface area contributed by atoms with Gasteiger partial charge in [-0.05, 0) is 49.7 Å². The molecule has 2 heterocycles. The van der Waals surface area contributed by atoms with Crippen molar-refractivity contribution in [3.63, 3.8) is 0 Å². The van der Waals surface area contributed by atoms with Crippen molar-refractivity contribution < 1.29 is 24.7 Å². The normalized spacial score (nSPS) is 16.3.